The molecule has 0 saturated carbocycles. The Labute approximate surface area is 100.0 Å². The lowest BCUT2D eigenvalue weighted by molar-refractivity contribution is 0.424. The van der Waals surface area contributed by atoms with E-state index in [1.807, 2.05) is 20.8 Å². The van der Waals surface area contributed by atoms with Gasteiger partial charge in [0.1, 0.15) is 0 Å². The van der Waals surface area contributed by atoms with Crippen molar-refractivity contribution < 1.29 is 10.0 Å². The van der Waals surface area contributed by atoms with E-state index >= 15 is 0 Å². The van der Waals surface area contributed by atoms with Crippen molar-refractivity contribution in [3.05, 3.63) is 27.7 Å². The van der Waals surface area contributed by atoms with E-state index in [0.717, 1.165) is 5.56 Å². The van der Waals surface area contributed by atoms with E-state index in [0.29, 0.717) is 15.5 Å². The van der Waals surface area contributed by atoms with Crippen LogP contribution in [0, 0.1) is 0 Å². The Balaban J connectivity index is 3.42. The topological polar surface area (TPSA) is 40.5 Å². The fraction of sp³-hybridized carbons (Fsp3) is 0.400. The van der Waals surface area contributed by atoms with Crippen molar-refractivity contribution in [3.63, 3.8) is 0 Å². The Kier molecular flexibility index (Phi) is 3.72. The molecule has 0 saturated heterocycles. The minimum absolute atomic E-state index is 0.215. The summed E-state index contributed by atoms with van der Waals surface area (Å²) in [5.41, 5.74) is 0.969. The standard InChI is InChI=1S/C10H13BCl2O2/c1-10(2,3)6-4-8(12)9(13)5-7(6)11(14)15/h4-5,14-15H,1-3H3. The third kappa shape index (κ3) is 2.88. The molecular formula is C10H13BCl2O2. The number of hydrogen-bond acceptors (Lipinski definition) is 2. The summed E-state index contributed by atoms with van der Waals surface area (Å²) in [5.74, 6) is 0. The summed E-state index contributed by atoms with van der Waals surface area (Å²) in [5, 5.41) is 19.2. The molecule has 0 spiro atoms. The molecule has 0 aromatic heterocycles. The lowest BCUT2D eigenvalue weighted by Gasteiger charge is -2.23. The van der Waals surface area contributed by atoms with E-state index in [9.17, 15) is 10.0 Å². The molecule has 0 aliphatic carbocycles. The molecule has 0 unspecified atom stereocenters. The SMILES string of the molecule is CC(C)(C)c1cc(Cl)c(Cl)cc1B(O)O. The maximum atomic E-state index is 9.24. The van der Waals surface area contributed by atoms with Crippen LogP contribution in [-0.4, -0.2) is 17.2 Å². The van der Waals surface area contributed by atoms with E-state index in [-0.39, 0.29) is 5.41 Å². The first-order valence-electron chi connectivity index (χ1n) is 4.59. The first-order chi connectivity index (χ1) is 6.73. The average molecular weight is 247 g/mol. The predicted molar refractivity (Wildman–Crippen MR) is 65.0 cm³/mol. The number of rotatable bonds is 1. The third-order valence-corrected chi connectivity index (χ3v) is 2.90. The van der Waals surface area contributed by atoms with E-state index in [1.54, 1.807) is 6.07 Å². The fourth-order valence-electron chi connectivity index (χ4n) is 1.43. The van der Waals surface area contributed by atoms with Gasteiger partial charge in [-0.25, -0.2) is 0 Å². The van der Waals surface area contributed by atoms with Crippen LogP contribution in [-0.2, 0) is 5.41 Å². The molecule has 0 atom stereocenters. The highest BCUT2D eigenvalue weighted by molar-refractivity contribution is 6.60. The number of halogens is 2. The van der Waals surface area contributed by atoms with Crippen LogP contribution < -0.4 is 5.46 Å². The molecular weight excluding hydrogens is 234 g/mol. The normalized spacial score (nSPS) is 11.7. The van der Waals surface area contributed by atoms with Crippen molar-refractivity contribution in [1.82, 2.24) is 0 Å². The largest absolute Gasteiger partial charge is 0.488 e. The lowest BCUT2D eigenvalue weighted by atomic mass is 9.70. The molecule has 15 heavy (non-hydrogen) atoms. The Morgan fingerprint density at radius 3 is 1.93 bits per heavy atom. The summed E-state index contributed by atoms with van der Waals surface area (Å²) in [7, 11) is -1.53. The predicted octanol–water partition coefficient (Wildman–Crippen LogP) is 1.97. The molecule has 0 radical (unpaired) electrons. The van der Waals surface area contributed by atoms with Gasteiger partial charge in [-0.15, -0.1) is 0 Å². The summed E-state index contributed by atoms with van der Waals surface area (Å²) in [6.45, 7) is 5.91. The molecule has 0 aliphatic rings. The van der Waals surface area contributed by atoms with Crippen LogP contribution in [0.15, 0.2) is 12.1 Å². The molecule has 0 bridgehead atoms. The van der Waals surface area contributed by atoms with Crippen LogP contribution in [0.25, 0.3) is 0 Å². The molecule has 1 aromatic carbocycles. The Hall–Kier alpha value is -0.215. The minimum atomic E-state index is -1.53. The summed E-state index contributed by atoms with van der Waals surface area (Å²) < 4.78 is 0. The molecule has 2 N–H and O–H groups in total. The summed E-state index contributed by atoms with van der Waals surface area (Å²) in [6, 6.07) is 3.17. The molecule has 0 heterocycles. The van der Waals surface area contributed by atoms with Crippen molar-refractivity contribution in [3.8, 4) is 0 Å². The molecule has 2 nitrogen and oxygen atoms in total. The van der Waals surface area contributed by atoms with Gasteiger partial charge >= 0.3 is 7.12 Å². The highest BCUT2D eigenvalue weighted by Gasteiger charge is 2.25. The smallest absolute Gasteiger partial charge is 0.423 e. The fourth-order valence-corrected chi connectivity index (χ4v) is 1.76. The molecule has 0 fully saturated rings. The van der Waals surface area contributed by atoms with Crippen LogP contribution in [0.3, 0.4) is 0 Å². The third-order valence-electron chi connectivity index (χ3n) is 2.18. The molecule has 82 valence electrons. The van der Waals surface area contributed by atoms with E-state index in [1.165, 1.54) is 6.07 Å². The van der Waals surface area contributed by atoms with Crippen LogP contribution in [0.4, 0.5) is 0 Å². The van der Waals surface area contributed by atoms with Crippen molar-refractivity contribution in [2.24, 2.45) is 0 Å². The second kappa shape index (κ2) is 4.34. The number of benzene rings is 1. The zero-order valence-electron chi connectivity index (χ0n) is 8.88. The average Bonchev–Trinajstić information content (AvgIpc) is 2.06. The van der Waals surface area contributed by atoms with Crippen LogP contribution in [0.5, 0.6) is 0 Å². The van der Waals surface area contributed by atoms with Gasteiger partial charge in [-0.3, -0.25) is 0 Å². The Bertz CT molecular complexity index is 372. The van der Waals surface area contributed by atoms with Crippen molar-refractivity contribution in [2.45, 2.75) is 26.2 Å². The maximum Gasteiger partial charge on any atom is 0.488 e. The second-order valence-corrected chi connectivity index (χ2v) is 5.29. The van der Waals surface area contributed by atoms with Crippen LogP contribution >= 0.6 is 23.2 Å². The Morgan fingerprint density at radius 1 is 1.07 bits per heavy atom. The Morgan fingerprint density at radius 2 is 1.53 bits per heavy atom. The summed E-state index contributed by atoms with van der Waals surface area (Å²) in [4.78, 5) is 0. The van der Waals surface area contributed by atoms with Gasteiger partial charge in [0.05, 0.1) is 10.0 Å². The van der Waals surface area contributed by atoms with E-state index < -0.39 is 7.12 Å². The van der Waals surface area contributed by atoms with Gasteiger partial charge < -0.3 is 10.0 Å². The molecule has 0 amide bonds. The van der Waals surface area contributed by atoms with Gasteiger partial charge in [0.15, 0.2) is 0 Å². The van der Waals surface area contributed by atoms with Gasteiger partial charge in [-0.1, -0.05) is 44.0 Å². The molecule has 1 aromatic rings. The zero-order chi connectivity index (χ0) is 11.8. The van der Waals surface area contributed by atoms with E-state index in [4.69, 9.17) is 23.2 Å². The summed E-state index contributed by atoms with van der Waals surface area (Å²) in [6.07, 6.45) is 0. The highest BCUT2D eigenvalue weighted by atomic mass is 35.5. The maximum absolute atomic E-state index is 9.24. The lowest BCUT2D eigenvalue weighted by Crippen LogP contribution is -2.37. The van der Waals surface area contributed by atoms with Gasteiger partial charge in [0.2, 0.25) is 0 Å². The molecule has 1 rings (SSSR count). The first-order valence-corrected chi connectivity index (χ1v) is 5.34. The first kappa shape index (κ1) is 12.9. The monoisotopic (exact) mass is 246 g/mol. The van der Waals surface area contributed by atoms with Gasteiger partial charge in [-0.2, -0.15) is 0 Å². The van der Waals surface area contributed by atoms with Gasteiger partial charge in [0, 0.05) is 0 Å². The van der Waals surface area contributed by atoms with Gasteiger partial charge in [-0.05, 0) is 28.6 Å². The van der Waals surface area contributed by atoms with Crippen LogP contribution in [0.1, 0.15) is 26.3 Å². The van der Waals surface area contributed by atoms with Crippen molar-refractivity contribution in [1.29, 1.82) is 0 Å². The second-order valence-electron chi connectivity index (χ2n) is 4.48. The number of hydrogen-bond donors (Lipinski definition) is 2. The minimum Gasteiger partial charge on any atom is -0.423 e. The quantitative estimate of drug-likeness (QED) is 0.744. The zero-order valence-corrected chi connectivity index (χ0v) is 10.4. The van der Waals surface area contributed by atoms with Gasteiger partial charge in [0.25, 0.3) is 0 Å². The van der Waals surface area contributed by atoms with E-state index in [2.05, 4.69) is 0 Å². The van der Waals surface area contributed by atoms with Crippen molar-refractivity contribution >= 4 is 35.8 Å². The molecule has 5 heteroatoms. The highest BCUT2D eigenvalue weighted by Crippen LogP contribution is 2.28. The summed E-state index contributed by atoms with van der Waals surface area (Å²) >= 11 is 11.7. The van der Waals surface area contributed by atoms with Crippen molar-refractivity contribution in [2.75, 3.05) is 0 Å². The molecule has 0 aliphatic heterocycles. The van der Waals surface area contributed by atoms with Crippen LogP contribution in [0.2, 0.25) is 10.0 Å².